The molecule has 2 atom stereocenters. The second kappa shape index (κ2) is 8.63. The third kappa shape index (κ3) is 4.02. The van der Waals surface area contributed by atoms with Crippen molar-refractivity contribution in [3.63, 3.8) is 0 Å². The molecule has 32 heavy (non-hydrogen) atoms. The first kappa shape index (κ1) is 21.1. The molecule has 9 heteroatoms. The molecule has 7 nitrogen and oxygen atoms in total. The van der Waals surface area contributed by atoms with Crippen LogP contribution in [0.2, 0.25) is 0 Å². The lowest BCUT2D eigenvalue weighted by molar-refractivity contribution is 0.0959. The Kier molecular flexibility index (Phi) is 5.69. The van der Waals surface area contributed by atoms with Crippen LogP contribution in [-0.4, -0.2) is 54.6 Å². The Bertz CT molecular complexity index is 1150. The summed E-state index contributed by atoms with van der Waals surface area (Å²) in [4.78, 5) is 25.2. The topological polar surface area (TPSA) is 82.2 Å². The average Bonchev–Trinajstić information content (AvgIpc) is 3.32. The van der Waals surface area contributed by atoms with Gasteiger partial charge in [0.2, 0.25) is 0 Å². The summed E-state index contributed by atoms with van der Waals surface area (Å²) >= 11 is 1.31. The molecule has 2 bridgehead atoms. The lowest BCUT2D eigenvalue weighted by Crippen LogP contribution is -2.51. The van der Waals surface area contributed by atoms with Gasteiger partial charge in [-0.3, -0.25) is 4.79 Å². The monoisotopic (exact) mass is 454 g/mol. The molecule has 2 aliphatic heterocycles. The van der Waals surface area contributed by atoms with Crippen molar-refractivity contribution in [3.8, 4) is 0 Å². The summed E-state index contributed by atoms with van der Waals surface area (Å²) in [6.07, 6.45) is 4.51. The minimum Gasteiger partial charge on any atom is -0.385 e. The van der Waals surface area contributed by atoms with E-state index < -0.39 is 0 Å². The minimum absolute atomic E-state index is 0.204. The molecule has 0 spiro atoms. The number of carbonyl (C=O) groups is 1. The summed E-state index contributed by atoms with van der Waals surface area (Å²) in [6, 6.07) is 6.49. The Balaban J connectivity index is 1.23. The van der Waals surface area contributed by atoms with Gasteiger partial charge in [-0.05, 0) is 43.9 Å². The standard InChI is InChI=1S/C23H27FN6OS/c1-13-10-27-20-19(25-2)21(32-23(20)28-13)22(31)26-8-7-14-3-6-17(9-18(14)24)30-11-15-4-5-16(12-30)29-15/h3,6,9-10,15-16,25,29H,4-5,7-8,11-12H2,1-2H3,(H,26,31)/t15-,16+. The van der Waals surface area contributed by atoms with Gasteiger partial charge in [0.05, 0.1) is 11.4 Å². The van der Waals surface area contributed by atoms with Gasteiger partial charge in [-0.15, -0.1) is 11.3 Å². The number of anilines is 2. The molecule has 3 N–H and O–H groups in total. The molecule has 2 fully saturated rings. The Morgan fingerprint density at radius 3 is 2.81 bits per heavy atom. The summed E-state index contributed by atoms with van der Waals surface area (Å²) in [6.45, 7) is 4.08. The van der Waals surface area contributed by atoms with Crippen LogP contribution in [0.15, 0.2) is 24.4 Å². The van der Waals surface area contributed by atoms with Crippen LogP contribution in [0.3, 0.4) is 0 Å². The molecule has 1 aromatic carbocycles. The fraction of sp³-hybridized carbons (Fsp3) is 0.435. The zero-order valence-electron chi connectivity index (χ0n) is 18.2. The number of fused-ring (bicyclic) bond motifs is 3. The summed E-state index contributed by atoms with van der Waals surface area (Å²) in [5, 5.41) is 9.58. The largest absolute Gasteiger partial charge is 0.385 e. The van der Waals surface area contributed by atoms with E-state index in [-0.39, 0.29) is 11.7 Å². The van der Waals surface area contributed by atoms with Crippen LogP contribution in [0.5, 0.6) is 0 Å². The van der Waals surface area contributed by atoms with E-state index in [9.17, 15) is 9.18 Å². The highest BCUT2D eigenvalue weighted by atomic mass is 32.1. The van der Waals surface area contributed by atoms with Gasteiger partial charge in [0.15, 0.2) is 0 Å². The molecule has 2 aliphatic rings. The summed E-state index contributed by atoms with van der Waals surface area (Å²) in [5.74, 6) is -0.422. The first-order valence-corrected chi connectivity index (χ1v) is 11.8. The second-order valence-electron chi connectivity index (χ2n) is 8.55. The van der Waals surface area contributed by atoms with Crippen LogP contribution in [0, 0.1) is 12.7 Å². The molecular formula is C23H27FN6OS. The van der Waals surface area contributed by atoms with E-state index in [4.69, 9.17) is 0 Å². The van der Waals surface area contributed by atoms with Gasteiger partial charge in [-0.25, -0.2) is 14.4 Å². The van der Waals surface area contributed by atoms with E-state index in [1.165, 1.54) is 24.2 Å². The maximum absolute atomic E-state index is 14.8. The van der Waals surface area contributed by atoms with Crippen molar-refractivity contribution in [1.29, 1.82) is 0 Å². The molecule has 0 saturated carbocycles. The van der Waals surface area contributed by atoms with E-state index in [1.54, 1.807) is 19.3 Å². The van der Waals surface area contributed by atoms with Gasteiger partial charge in [0.25, 0.3) is 5.91 Å². The van der Waals surface area contributed by atoms with Crippen LogP contribution < -0.4 is 20.9 Å². The third-order valence-corrected chi connectivity index (χ3v) is 7.35. The highest BCUT2D eigenvalue weighted by Crippen LogP contribution is 2.33. The molecule has 3 aromatic rings. The predicted octanol–water partition coefficient (Wildman–Crippen LogP) is 3.09. The SMILES string of the molecule is CNc1c(C(=O)NCCc2ccc(N3C[C@H]4CC[C@@H](C3)N4)cc2F)sc2nc(C)cnc12. The molecule has 5 rings (SSSR count). The van der Waals surface area contributed by atoms with Crippen LogP contribution in [0.4, 0.5) is 15.8 Å². The molecule has 0 aliphatic carbocycles. The Labute approximate surface area is 190 Å². The van der Waals surface area contributed by atoms with Gasteiger partial charge in [-0.1, -0.05) is 6.07 Å². The highest BCUT2D eigenvalue weighted by Gasteiger charge is 2.32. The van der Waals surface area contributed by atoms with Crippen molar-refractivity contribution in [2.24, 2.45) is 0 Å². The zero-order chi connectivity index (χ0) is 22.2. The Hall–Kier alpha value is -2.78. The first-order valence-electron chi connectivity index (χ1n) is 11.0. The lowest BCUT2D eigenvalue weighted by Gasteiger charge is -2.34. The Morgan fingerprint density at radius 1 is 1.31 bits per heavy atom. The fourth-order valence-electron chi connectivity index (χ4n) is 4.68. The van der Waals surface area contributed by atoms with Crippen LogP contribution in [0.25, 0.3) is 10.3 Å². The zero-order valence-corrected chi connectivity index (χ0v) is 19.1. The van der Waals surface area contributed by atoms with Crippen molar-refractivity contribution < 1.29 is 9.18 Å². The normalized spacial score (nSPS) is 20.0. The van der Waals surface area contributed by atoms with Crippen LogP contribution in [0.1, 0.15) is 33.8 Å². The van der Waals surface area contributed by atoms with Gasteiger partial charge < -0.3 is 20.9 Å². The van der Waals surface area contributed by atoms with E-state index in [1.807, 2.05) is 19.1 Å². The van der Waals surface area contributed by atoms with E-state index in [2.05, 4.69) is 30.8 Å². The third-order valence-electron chi connectivity index (χ3n) is 6.28. The van der Waals surface area contributed by atoms with Gasteiger partial charge in [0, 0.05) is 50.6 Å². The number of aromatic nitrogens is 2. The lowest BCUT2D eigenvalue weighted by atomic mass is 10.1. The van der Waals surface area contributed by atoms with E-state index in [0.29, 0.717) is 46.7 Å². The number of nitrogens with zero attached hydrogens (tertiary/aromatic N) is 3. The number of thiophene rings is 1. The number of piperazine rings is 1. The van der Waals surface area contributed by atoms with Gasteiger partial charge >= 0.3 is 0 Å². The van der Waals surface area contributed by atoms with Crippen molar-refractivity contribution in [2.45, 2.75) is 38.3 Å². The van der Waals surface area contributed by atoms with E-state index >= 15 is 0 Å². The number of rotatable bonds is 6. The minimum atomic E-state index is -0.218. The molecule has 168 valence electrons. The number of amides is 1. The van der Waals surface area contributed by atoms with Crippen molar-refractivity contribution in [2.75, 3.05) is 36.9 Å². The number of hydrogen-bond acceptors (Lipinski definition) is 7. The molecule has 0 radical (unpaired) electrons. The van der Waals surface area contributed by atoms with Crippen LogP contribution in [-0.2, 0) is 6.42 Å². The van der Waals surface area contributed by atoms with Crippen molar-refractivity contribution in [3.05, 3.63) is 46.3 Å². The predicted molar refractivity (Wildman–Crippen MR) is 126 cm³/mol. The number of hydrogen-bond donors (Lipinski definition) is 3. The summed E-state index contributed by atoms with van der Waals surface area (Å²) in [7, 11) is 1.76. The molecule has 2 saturated heterocycles. The number of nitrogens with one attached hydrogen (secondary N) is 3. The number of benzene rings is 1. The number of aryl methyl sites for hydroxylation is 1. The maximum atomic E-state index is 14.8. The average molecular weight is 455 g/mol. The molecule has 2 aromatic heterocycles. The first-order chi connectivity index (χ1) is 15.5. The maximum Gasteiger partial charge on any atom is 0.263 e. The van der Waals surface area contributed by atoms with Gasteiger partial charge in [0.1, 0.15) is 21.0 Å². The van der Waals surface area contributed by atoms with Crippen LogP contribution >= 0.6 is 11.3 Å². The molecule has 4 heterocycles. The fourth-order valence-corrected chi connectivity index (χ4v) is 5.78. The summed E-state index contributed by atoms with van der Waals surface area (Å²) < 4.78 is 14.8. The second-order valence-corrected chi connectivity index (χ2v) is 9.54. The number of carbonyl (C=O) groups excluding carboxylic acids is 1. The van der Waals surface area contributed by atoms with E-state index in [0.717, 1.165) is 29.3 Å². The summed E-state index contributed by atoms with van der Waals surface area (Å²) in [5.41, 5.74) is 3.72. The van der Waals surface area contributed by atoms with Crippen molar-refractivity contribution in [1.82, 2.24) is 20.6 Å². The quantitative estimate of drug-likeness (QED) is 0.531. The number of halogens is 1. The molecular weight excluding hydrogens is 427 g/mol. The Morgan fingerprint density at radius 2 is 2.09 bits per heavy atom. The molecule has 1 amide bonds. The molecule has 0 unspecified atom stereocenters. The van der Waals surface area contributed by atoms with Crippen molar-refractivity contribution >= 4 is 39.0 Å². The smallest absolute Gasteiger partial charge is 0.263 e. The van der Waals surface area contributed by atoms with Gasteiger partial charge in [-0.2, -0.15) is 0 Å². The highest BCUT2D eigenvalue weighted by molar-refractivity contribution is 7.21.